The number of halogens is 1. The number of hydrogen-bond donors (Lipinski definition) is 2. The zero-order chi connectivity index (χ0) is 18.7. The lowest BCUT2D eigenvalue weighted by Crippen LogP contribution is -2.42. The van der Waals surface area contributed by atoms with E-state index in [1.54, 1.807) is 36.4 Å². The SMILES string of the molecule is O=C(O)[C@H](Cc1ccc(Cl)cc1)NS(=O)(=O)c1ccc2ccccc2c1. The van der Waals surface area contributed by atoms with Crippen LogP contribution in [0.5, 0.6) is 0 Å². The maximum absolute atomic E-state index is 12.6. The van der Waals surface area contributed by atoms with E-state index in [9.17, 15) is 18.3 Å². The van der Waals surface area contributed by atoms with E-state index < -0.39 is 22.0 Å². The zero-order valence-electron chi connectivity index (χ0n) is 13.6. The van der Waals surface area contributed by atoms with Gasteiger partial charge in [-0.05, 0) is 47.0 Å². The van der Waals surface area contributed by atoms with Crippen molar-refractivity contribution >= 4 is 38.4 Å². The van der Waals surface area contributed by atoms with E-state index in [-0.39, 0.29) is 11.3 Å². The molecule has 0 saturated heterocycles. The Hall–Kier alpha value is -2.41. The molecule has 0 heterocycles. The Morgan fingerprint density at radius 1 is 1.00 bits per heavy atom. The van der Waals surface area contributed by atoms with Crippen molar-refractivity contribution < 1.29 is 18.3 Å². The molecule has 0 unspecified atom stereocenters. The van der Waals surface area contributed by atoms with Gasteiger partial charge in [0.1, 0.15) is 6.04 Å². The maximum atomic E-state index is 12.6. The van der Waals surface area contributed by atoms with E-state index in [1.807, 2.05) is 18.2 Å². The highest BCUT2D eigenvalue weighted by atomic mass is 35.5. The lowest BCUT2D eigenvalue weighted by molar-refractivity contribution is -0.138. The number of sulfonamides is 1. The summed E-state index contributed by atoms with van der Waals surface area (Å²) in [5.41, 5.74) is 0.669. The summed E-state index contributed by atoms with van der Waals surface area (Å²) in [6.45, 7) is 0. The van der Waals surface area contributed by atoms with Crippen LogP contribution in [0.4, 0.5) is 0 Å². The minimum absolute atomic E-state index is 0.0132. The van der Waals surface area contributed by atoms with Crippen molar-refractivity contribution in [2.45, 2.75) is 17.4 Å². The largest absolute Gasteiger partial charge is 0.480 e. The summed E-state index contributed by atoms with van der Waals surface area (Å²) in [5, 5.41) is 11.6. The van der Waals surface area contributed by atoms with E-state index in [4.69, 9.17) is 11.6 Å². The number of aliphatic carboxylic acids is 1. The summed E-state index contributed by atoms with van der Waals surface area (Å²) in [7, 11) is -3.98. The van der Waals surface area contributed by atoms with Gasteiger partial charge in [0, 0.05) is 5.02 Å². The Bertz CT molecular complexity index is 1050. The van der Waals surface area contributed by atoms with Gasteiger partial charge >= 0.3 is 5.97 Å². The van der Waals surface area contributed by atoms with Gasteiger partial charge in [-0.3, -0.25) is 4.79 Å². The molecule has 0 amide bonds. The number of hydrogen-bond acceptors (Lipinski definition) is 3. The molecule has 0 aliphatic heterocycles. The van der Waals surface area contributed by atoms with E-state index in [1.165, 1.54) is 12.1 Å². The first kappa shape index (κ1) is 18.4. The number of carboxylic acid groups (broad SMARTS) is 1. The van der Waals surface area contributed by atoms with Crippen molar-refractivity contribution in [3.8, 4) is 0 Å². The molecule has 1 atom stereocenters. The van der Waals surface area contributed by atoms with Crippen LogP contribution in [0.3, 0.4) is 0 Å². The van der Waals surface area contributed by atoms with Crippen molar-refractivity contribution in [3.05, 3.63) is 77.3 Å². The monoisotopic (exact) mass is 389 g/mol. The van der Waals surface area contributed by atoms with Crippen molar-refractivity contribution in [1.82, 2.24) is 4.72 Å². The summed E-state index contributed by atoms with van der Waals surface area (Å²) in [6.07, 6.45) is 0.0132. The van der Waals surface area contributed by atoms with Crippen molar-refractivity contribution in [2.75, 3.05) is 0 Å². The van der Waals surface area contributed by atoms with Gasteiger partial charge in [-0.25, -0.2) is 8.42 Å². The van der Waals surface area contributed by atoms with Gasteiger partial charge in [0.2, 0.25) is 10.0 Å². The van der Waals surface area contributed by atoms with Crippen LogP contribution in [0, 0.1) is 0 Å². The van der Waals surface area contributed by atoms with Crippen LogP contribution in [-0.4, -0.2) is 25.5 Å². The Kier molecular flexibility index (Phi) is 5.27. The van der Waals surface area contributed by atoms with Crippen molar-refractivity contribution in [1.29, 1.82) is 0 Å². The van der Waals surface area contributed by atoms with Gasteiger partial charge in [0.05, 0.1) is 4.90 Å². The lowest BCUT2D eigenvalue weighted by Gasteiger charge is -2.15. The van der Waals surface area contributed by atoms with E-state index in [2.05, 4.69) is 4.72 Å². The number of carbonyl (C=O) groups is 1. The molecule has 3 rings (SSSR count). The number of rotatable bonds is 6. The molecule has 0 fully saturated rings. The van der Waals surface area contributed by atoms with Crippen LogP contribution in [0.2, 0.25) is 5.02 Å². The second kappa shape index (κ2) is 7.45. The molecule has 0 bridgehead atoms. The van der Waals surface area contributed by atoms with Crippen LogP contribution < -0.4 is 4.72 Å². The fourth-order valence-electron chi connectivity index (χ4n) is 2.63. The van der Waals surface area contributed by atoms with Gasteiger partial charge < -0.3 is 5.11 Å². The zero-order valence-corrected chi connectivity index (χ0v) is 15.2. The normalized spacial score (nSPS) is 12.8. The van der Waals surface area contributed by atoms with Gasteiger partial charge in [-0.2, -0.15) is 4.72 Å². The standard InChI is InChI=1S/C19H16ClNO4S/c20-16-8-5-13(6-9-16)11-18(19(22)23)21-26(24,25)17-10-7-14-3-1-2-4-15(14)12-17/h1-10,12,18,21H,11H2,(H,22,23)/t18-/m0/s1. The first-order chi connectivity index (χ1) is 12.3. The molecule has 0 aliphatic rings. The summed E-state index contributed by atoms with van der Waals surface area (Å²) >= 11 is 5.82. The molecule has 3 aromatic rings. The second-order valence-electron chi connectivity index (χ2n) is 5.85. The van der Waals surface area contributed by atoms with E-state index in [0.29, 0.717) is 10.6 Å². The topological polar surface area (TPSA) is 83.5 Å². The summed E-state index contributed by atoms with van der Waals surface area (Å²) in [4.78, 5) is 11.6. The summed E-state index contributed by atoms with van der Waals surface area (Å²) in [5.74, 6) is -1.25. The highest BCUT2D eigenvalue weighted by molar-refractivity contribution is 7.89. The molecule has 0 spiro atoms. The molecule has 0 radical (unpaired) electrons. The van der Waals surface area contributed by atoms with Crippen LogP contribution in [0.1, 0.15) is 5.56 Å². The minimum Gasteiger partial charge on any atom is -0.480 e. The third kappa shape index (κ3) is 4.22. The van der Waals surface area contributed by atoms with Gasteiger partial charge in [-0.15, -0.1) is 0 Å². The molecule has 134 valence electrons. The predicted octanol–water partition coefficient (Wildman–Crippen LogP) is 3.47. The number of carboxylic acids is 1. The smallest absolute Gasteiger partial charge is 0.322 e. The molecule has 26 heavy (non-hydrogen) atoms. The number of fused-ring (bicyclic) bond motifs is 1. The highest BCUT2D eigenvalue weighted by Gasteiger charge is 2.25. The molecule has 5 nitrogen and oxygen atoms in total. The fraction of sp³-hybridized carbons (Fsp3) is 0.105. The third-order valence-corrected chi connectivity index (χ3v) is 5.70. The minimum atomic E-state index is -3.98. The Morgan fingerprint density at radius 2 is 1.65 bits per heavy atom. The molecule has 0 aliphatic carbocycles. The Labute approximate surface area is 156 Å². The molecule has 2 N–H and O–H groups in total. The second-order valence-corrected chi connectivity index (χ2v) is 8.00. The van der Waals surface area contributed by atoms with Crippen LogP contribution in [0.25, 0.3) is 10.8 Å². The quantitative estimate of drug-likeness (QED) is 0.676. The van der Waals surface area contributed by atoms with E-state index in [0.717, 1.165) is 10.8 Å². The number of nitrogens with one attached hydrogen (secondary N) is 1. The van der Waals surface area contributed by atoms with Crippen molar-refractivity contribution in [2.24, 2.45) is 0 Å². The first-order valence-electron chi connectivity index (χ1n) is 7.83. The fourth-order valence-corrected chi connectivity index (χ4v) is 3.98. The van der Waals surface area contributed by atoms with Gasteiger partial charge in [-0.1, -0.05) is 54.1 Å². The maximum Gasteiger partial charge on any atom is 0.322 e. The van der Waals surface area contributed by atoms with Crippen LogP contribution >= 0.6 is 11.6 Å². The average molecular weight is 390 g/mol. The summed E-state index contributed by atoms with van der Waals surface area (Å²) < 4.78 is 27.6. The lowest BCUT2D eigenvalue weighted by atomic mass is 10.1. The van der Waals surface area contributed by atoms with Crippen LogP contribution in [0.15, 0.2) is 71.6 Å². The predicted molar refractivity (Wildman–Crippen MR) is 101 cm³/mol. The molecular formula is C19H16ClNO4S. The molecule has 3 aromatic carbocycles. The number of benzene rings is 3. The molecule has 0 saturated carbocycles. The van der Waals surface area contributed by atoms with Gasteiger partial charge in [0.25, 0.3) is 0 Å². The molecule has 7 heteroatoms. The van der Waals surface area contributed by atoms with Crippen LogP contribution in [-0.2, 0) is 21.2 Å². The molecular weight excluding hydrogens is 374 g/mol. The van der Waals surface area contributed by atoms with E-state index >= 15 is 0 Å². The highest BCUT2D eigenvalue weighted by Crippen LogP contribution is 2.19. The average Bonchev–Trinajstić information content (AvgIpc) is 2.62. The third-order valence-electron chi connectivity index (χ3n) is 3.98. The Balaban J connectivity index is 1.86. The van der Waals surface area contributed by atoms with Gasteiger partial charge in [0.15, 0.2) is 0 Å². The molecule has 0 aromatic heterocycles. The van der Waals surface area contributed by atoms with Crippen molar-refractivity contribution in [3.63, 3.8) is 0 Å². The Morgan fingerprint density at radius 3 is 2.31 bits per heavy atom. The summed E-state index contributed by atoms with van der Waals surface area (Å²) in [6, 6.07) is 17.4. The first-order valence-corrected chi connectivity index (χ1v) is 9.70.